The topological polar surface area (TPSA) is 127 Å². The number of aryl methyl sites for hydroxylation is 1. The Morgan fingerprint density at radius 2 is 1.79 bits per heavy atom. The van der Waals surface area contributed by atoms with E-state index in [1.165, 1.54) is 10.2 Å². The molecular formula is C23H40IrN7O2P. The molecule has 1 fully saturated rings. The van der Waals surface area contributed by atoms with Gasteiger partial charge in [0, 0.05) is 35.4 Å². The number of benzene rings is 1. The van der Waals surface area contributed by atoms with Crippen molar-refractivity contribution in [3.8, 4) is 0 Å². The molecule has 0 spiro atoms. The second kappa shape index (κ2) is 17.8. The van der Waals surface area contributed by atoms with E-state index >= 15 is 0 Å². The van der Waals surface area contributed by atoms with Gasteiger partial charge in [-0.2, -0.15) is 0 Å². The molecule has 3 rings (SSSR count). The van der Waals surface area contributed by atoms with Crippen molar-refractivity contribution in [2.45, 2.75) is 59.2 Å². The number of amides is 1. The van der Waals surface area contributed by atoms with Crippen molar-refractivity contribution in [3.05, 3.63) is 47.8 Å². The molecular weight excluding hydrogens is 629 g/mol. The van der Waals surface area contributed by atoms with Crippen molar-refractivity contribution in [1.29, 1.82) is 0 Å². The summed E-state index contributed by atoms with van der Waals surface area (Å²) in [5, 5.41) is 16.9. The summed E-state index contributed by atoms with van der Waals surface area (Å²) in [6, 6.07) is 10.3. The normalized spacial score (nSPS) is 14.3. The van der Waals surface area contributed by atoms with Gasteiger partial charge in [-0.05, 0) is 45.8 Å². The molecule has 1 amide bonds. The zero-order valence-electron chi connectivity index (χ0n) is 20.9. The number of aromatic nitrogens is 3. The molecule has 0 saturated carbocycles. The van der Waals surface area contributed by atoms with Gasteiger partial charge in [0.05, 0.1) is 11.9 Å². The molecule has 9 nitrogen and oxygen atoms in total. The van der Waals surface area contributed by atoms with Crippen LogP contribution in [-0.2, 0) is 42.8 Å². The zero-order chi connectivity index (χ0) is 24.7. The van der Waals surface area contributed by atoms with Crippen LogP contribution in [-0.4, -0.2) is 52.1 Å². The first kappa shape index (κ1) is 32.5. The Kier molecular flexibility index (Phi) is 17.0. The molecule has 34 heavy (non-hydrogen) atoms. The summed E-state index contributed by atoms with van der Waals surface area (Å²) in [4.78, 5) is 24.4. The maximum atomic E-state index is 12.2. The minimum absolute atomic E-state index is 0. The summed E-state index contributed by atoms with van der Waals surface area (Å²) in [6.45, 7) is 10.6. The number of rotatable bonds is 7. The summed E-state index contributed by atoms with van der Waals surface area (Å²) in [7, 11) is 1.49. The first-order valence-corrected chi connectivity index (χ1v) is 12.4. The first-order chi connectivity index (χ1) is 15.7. The van der Waals surface area contributed by atoms with Crippen molar-refractivity contribution in [1.82, 2.24) is 30.9 Å². The Morgan fingerprint density at radius 1 is 1.21 bits per heavy atom. The third-order valence-electron chi connectivity index (χ3n) is 4.59. The van der Waals surface area contributed by atoms with Crippen LogP contribution in [0.2, 0.25) is 0 Å². The molecule has 1 unspecified atom stereocenters. The van der Waals surface area contributed by atoms with Gasteiger partial charge < -0.3 is 21.5 Å². The summed E-state index contributed by atoms with van der Waals surface area (Å²) in [5.74, 6) is 0.578. The van der Waals surface area contributed by atoms with E-state index < -0.39 is 5.54 Å². The number of carbonyl (C=O) groups is 2. The van der Waals surface area contributed by atoms with Gasteiger partial charge in [-0.3, -0.25) is 9.59 Å². The minimum atomic E-state index is -0.843. The molecule has 1 saturated heterocycles. The van der Waals surface area contributed by atoms with E-state index in [9.17, 15) is 9.59 Å². The quantitative estimate of drug-likeness (QED) is 0.332. The second-order valence-electron chi connectivity index (χ2n) is 8.68. The van der Waals surface area contributed by atoms with Crippen LogP contribution < -0.4 is 21.5 Å². The average Bonchev–Trinajstić information content (AvgIpc) is 3.21. The van der Waals surface area contributed by atoms with Crippen LogP contribution in [0.25, 0.3) is 0 Å². The van der Waals surface area contributed by atoms with Gasteiger partial charge in [-0.1, -0.05) is 61.9 Å². The Balaban J connectivity index is 0.000000751. The van der Waals surface area contributed by atoms with Crippen molar-refractivity contribution in [3.63, 3.8) is 0 Å². The smallest absolute Gasteiger partial charge is 0.242 e. The van der Waals surface area contributed by atoms with Crippen molar-refractivity contribution in [2.75, 3.05) is 20.1 Å². The maximum absolute atomic E-state index is 12.2. The van der Waals surface area contributed by atoms with Crippen LogP contribution in [0.3, 0.4) is 0 Å². The Hall–Kier alpha value is -1.54. The van der Waals surface area contributed by atoms with Gasteiger partial charge in [0.2, 0.25) is 5.91 Å². The minimum Gasteiger partial charge on any atom is -0.341 e. The van der Waals surface area contributed by atoms with Crippen molar-refractivity contribution < 1.29 is 29.7 Å². The molecule has 1 atom stereocenters. The molecule has 0 aliphatic carbocycles. The van der Waals surface area contributed by atoms with Gasteiger partial charge in [0.1, 0.15) is 12.1 Å². The molecule has 1 aromatic heterocycles. The number of carbonyl (C=O) groups excluding carboxylic acids is 2. The summed E-state index contributed by atoms with van der Waals surface area (Å²) in [6.07, 6.45) is 2.83. The van der Waals surface area contributed by atoms with E-state index in [1.807, 2.05) is 25.2 Å². The number of nitrogens with zero attached hydrogens (tertiary/aromatic N) is 3. The van der Waals surface area contributed by atoms with Gasteiger partial charge in [-0.25, -0.2) is 4.68 Å². The number of piperidine rings is 1. The Bertz CT molecular complexity index is 825. The molecule has 1 aliphatic heterocycles. The van der Waals surface area contributed by atoms with Gasteiger partial charge in [0.15, 0.2) is 5.52 Å². The Labute approximate surface area is 219 Å². The van der Waals surface area contributed by atoms with Crippen molar-refractivity contribution >= 4 is 20.2 Å². The van der Waals surface area contributed by atoms with E-state index in [4.69, 9.17) is 5.50 Å². The molecule has 2 heterocycles. The van der Waals surface area contributed by atoms with E-state index in [0.717, 1.165) is 11.6 Å². The second-order valence-corrected chi connectivity index (χ2v) is 9.42. The van der Waals surface area contributed by atoms with E-state index in [2.05, 4.69) is 66.1 Å². The third kappa shape index (κ3) is 12.8. The SMILES string of the molecule is CC(C)C.CNCc1cn(CC(=O)NC2(C(=O)PN)CCNCC2)nn1.Cc1ccccc1.[Ir]. The molecule has 0 bridgehead atoms. The number of nitrogens with one attached hydrogen (secondary N) is 3. The standard InChI is InChI=1S/C12H22N7O2P.C7H8.C4H10.Ir/c1-14-6-9-7-19(18-17-9)8-10(20)16-12(11(21)22-13)2-4-15-5-3-12;1-7-5-3-2-4-6-7;1-4(2)3;/h7,14-15,22H,2-6,8,13H2,1H3,(H,16,20);2-6H,1H3;4H,1-3H3;. The zero-order valence-corrected chi connectivity index (χ0v) is 24.2. The summed E-state index contributed by atoms with van der Waals surface area (Å²) < 4.78 is 1.46. The van der Waals surface area contributed by atoms with Gasteiger partial charge >= 0.3 is 0 Å². The molecule has 193 valence electrons. The van der Waals surface area contributed by atoms with E-state index in [-0.39, 0.29) is 46.8 Å². The van der Waals surface area contributed by atoms with Gasteiger partial charge in [0.25, 0.3) is 0 Å². The Morgan fingerprint density at radius 3 is 2.26 bits per heavy atom. The molecule has 1 aromatic carbocycles. The van der Waals surface area contributed by atoms with Crippen LogP contribution in [0.4, 0.5) is 0 Å². The first-order valence-electron chi connectivity index (χ1n) is 11.3. The largest absolute Gasteiger partial charge is 0.341 e. The fraction of sp³-hybridized carbons (Fsp3) is 0.565. The molecule has 5 N–H and O–H groups in total. The molecule has 11 heteroatoms. The van der Waals surface area contributed by atoms with E-state index in [1.54, 1.807) is 6.20 Å². The monoisotopic (exact) mass is 670 g/mol. The average molecular weight is 670 g/mol. The maximum Gasteiger partial charge on any atom is 0.242 e. The fourth-order valence-corrected chi connectivity index (χ4v) is 3.66. The molecule has 2 aromatic rings. The molecule has 1 aliphatic rings. The van der Waals surface area contributed by atoms with E-state index in [0.29, 0.717) is 32.5 Å². The van der Waals surface area contributed by atoms with Crippen LogP contribution in [0.5, 0.6) is 0 Å². The fourth-order valence-electron chi connectivity index (χ4n) is 3.07. The third-order valence-corrected chi connectivity index (χ3v) is 5.33. The summed E-state index contributed by atoms with van der Waals surface area (Å²) in [5.41, 5.74) is 6.66. The van der Waals surface area contributed by atoms with Crippen LogP contribution in [0.15, 0.2) is 36.5 Å². The van der Waals surface area contributed by atoms with Gasteiger partial charge in [-0.15, -0.1) is 5.10 Å². The number of hydrogen-bond donors (Lipinski definition) is 4. The molecule has 1 radical (unpaired) electrons. The number of nitrogens with two attached hydrogens (primary N) is 1. The van der Waals surface area contributed by atoms with Crippen LogP contribution in [0.1, 0.15) is 44.9 Å². The summed E-state index contributed by atoms with van der Waals surface area (Å²) >= 11 is 0. The van der Waals surface area contributed by atoms with Crippen LogP contribution in [0, 0.1) is 12.8 Å². The predicted octanol–water partition coefficient (Wildman–Crippen LogP) is 1.97. The van der Waals surface area contributed by atoms with Crippen molar-refractivity contribution in [2.24, 2.45) is 11.4 Å². The van der Waals surface area contributed by atoms with Crippen LogP contribution >= 0.6 is 8.73 Å². The predicted molar refractivity (Wildman–Crippen MR) is 135 cm³/mol. The number of hydrogen-bond acceptors (Lipinski definition) is 7.